The lowest BCUT2D eigenvalue weighted by Gasteiger charge is -2.30. The molecule has 0 unspecified atom stereocenters. The number of hydrogen-bond donors (Lipinski definition) is 1. The van der Waals surface area contributed by atoms with E-state index in [9.17, 15) is 9.59 Å². The molecule has 1 aliphatic rings. The quantitative estimate of drug-likeness (QED) is 0.605. The lowest BCUT2D eigenvalue weighted by atomic mass is 9.95. The highest BCUT2D eigenvalue weighted by Gasteiger charge is 2.28. The number of hydrogen-bond acceptors (Lipinski definition) is 7. The van der Waals surface area contributed by atoms with Crippen LogP contribution in [-0.2, 0) is 34.3 Å². The van der Waals surface area contributed by atoms with Crippen LogP contribution in [0.25, 0.3) is 11.4 Å². The van der Waals surface area contributed by atoms with Gasteiger partial charge < -0.3 is 19.5 Å². The van der Waals surface area contributed by atoms with Crippen molar-refractivity contribution in [3.05, 3.63) is 29.1 Å². The van der Waals surface area contributed by atoms with Crippen LogP contribution in [0.1, 0.15) is 69.0 Å². The standard InChI is InChI=1S/C23H33N5O5/c1-5-12-27(3)23(31)32-14-19-22(25-26-28(19)4)18-11-10-16(17(6-2)24-18)20-9-7-8-15(33-20)13-21(29)30/h10-11,15,20H,5-9,12-14H2,1-4H3,(H,29,30)/t15-,20-/m0/s1. The third kappa shape index (κ3) is 6.07. The summed E-state index contributed by atoms with van der Waals surface area (Å²) in [5.41, 5.74) is 3.73. The van der Waals surface area contributed by atoms with Crippen molar-refractivity contribution in [1.82, 2.24) is 24.9 Å². The second-order valence-corrected chi connectivity index (χ2v) is 8.35. The Morgan fingerprint density at radius 3 is 2.79 bits per heavy atom. The number of carbonyl (C=O) groups excluding carboxylic acids is 1. The third-order valence-corrected chi connectivity index (χ3v) is 5.83. The van der Waals surface area contributed by atoms with E-state index in [1.165, 1.54) is 4.90 Å². The van der Waals surface area contributed by atoms with Gasteiger partial charge in [-0.05, 0) is 38.2 Å². The number of carbonyl (C=O) groups is 2. The first kappa shape index (κ1) is 24.6. The van der Waals surface area contributed by atoms with Crippen molar-refractivity contribution >= 4 is 12.1 Å². The van der Waals surface area contributed by atoms with Gasteiger partial charge in [0, 0.05) is 31.9 Å². The Bertz CT molecular complexity index is 976. The molecular weight excluding hydrogens is 426 g/mol. The maximum atomic E-state index is 12.2. The molecule has 1 fully saturated rings. The molecule has 0 spiro atoms. The molecule has 1 N–H and O–H groups in total. The first-order chi connectivity index (χ1) is 15.8. The molecule has 0 aromatic carbocycles. The van der Waals surface area contributed by atoms with Gasteiger partial charge in [-0.1, -0.05) is 25.1 Å². The van der Waals surface area contributed by atoms with Crippen LogP contribution >= 0.6 is 0 Å². The van der Waals surface area contributed by atoms with Crippen molar-refractivity contribution in [2.45, 2.75) is 71.2 Å². The topological polar surface area (TPSA) is 120 Å². The number of aromatic nitrogens is 4. The summed E-state index contributed by atoms with van der Waals surface area (Å²) < 4.78 is 13.1. The van der Waals surface area contributed by atoms with Crippen LogP contribution in [0.5, 0.6) is 0 Å². The number of aliphatic carboxylic acids is 1. The van der Waals surface area contributed by atoms with Crippen molar-refractivity contribution in [2.75, 3.05) is 13.6 Å². The Kier molecular flexibility index (Phi) is 8.37. The van der Waals surface area contributed by atoms with Crippen molar-refractivity contribution in [1.29, 1.82) is 0 Å². The highest BCUT2D eigenvalue weighted by Crippen LogP contribution is 2.35. The van der Waals surface area contributed by atoms with Crippen molar-refractivity contribution in [3.8, 4) is 11.4 Å². The van der Waals surface area contributed by atoms with E-state index in [0.717, 1.165) is 36.9 Å². The SMILES string of the molecule is CCCN(C)C(=O)OCc1c(-c2ccc([C@@H]3CCC[C@@H](CC(=O)O)O3)c(CC)n2)nnn1C. The summed E-state index contributed by atoms with van der Waals surface area (Å²) in [6.45, 7) is 4.68. The number of amides is 1. The molecule has 2 aromatic heterocycles. The van der Waals surface area contributed by atoms with Gasteiger partial charge in [0.05, 0.1) is 24.3 Å². The molecular formula is C23H33N5O5. The smallest absolute Gasteiger partial charge is 0.409 e. The Morgan fingerprint density at radius 2 is 2.09 bits per heavy atom. The molecule has 1 aliphatic heterocycles. The lowest BCUT2D eigenvalue weighted by molar-refractivity contribution is -0.143. The predicted molar refractivity (Wildman–Crippen MR) is 120 cm³/mol. The van der Waals surface area contributed by atoms with E-state index >= 15 is 0 Å². The van der Waals surface area contributed by atoms with E-state index in [-0.39, 0.29) is 25.2 Å². The summed E-state index contributed by atoms with van der Waals surface area (Å²) in [5.74, 6) is -0.846. The Balaban J connectivity index is 1.80. The van der Waals surface area contributed by atoms with E-state index < -0.39 is 12.1 Å². The van der Waals surface area contributed by atoms with Gasteiger partial charge in [-0.3, -0.25) is 9.78 Å². The van der Waals surface area contributed by atoms with E-state index in [1.54, 1.807) is 18.8 Å². The van der Waals surface area contributed by atoms with Gasteiger partial charge in [-0.2, -0.15) is 0 Å². The fraction of sp³-hybridized carbons (Fsp3) is 0.609. The molecule has 0 aliphatic carbocycles. The number of aryl methyl sites for hydroxylation is 2. The average Bonchev–Trinajstić information content (AvgIpc) is 3.17. The number of carboxylic acid groups (broad SMARTS) is 1. The molecule has 10 nitrogen and oxygen atoms in total. The fourth-order valence-corrected chi connectivity index (χ4v) is 4.10. The normalized spacial score (nSPS) is 18.2. The van der Waals surface area contributed by atoms with E-state index in [1.807, 2.05) is 26.0 Å². The molecule has 2 atom stereocenters. The fourth-order valence-electron chi connectivity index (χ4n) is 4.10. The minimum atomic E-state index is -0.846. The van der Waals surface area contributed by atoms with Gasteiger partial charge in [-0.15, -0.1) is 5.10 Å². The van der Waals surface area contributed by atoms with Crippen molar-refractivity contribution < 1.29 is 24.2 Å². The van der Waals surface area contributed by atoms with Crippen LogP contribution in [0.4, 0.5) is 4.79 Å². The molecule has 1 saturated heterocycles. The van der Waals surface area contributed by atoms with Crippen LogP contribution in [0.15, 0.2) is 12.1 Å². The van der Waals surface area contributed by atoms with Gasteiger partial charge in [-0.25, -0.2) is 9.48 Å². The van der Waals surface area contributed by atoms with E-state index in [2.05, 4.69) is 10.3 Å². The van der Waals surface area contributed by atoms with E-state index in [4.69, 9.17) is 19.6 Å². The van der Waals surface area contributed by atoms with Crippen LogP contribution in [0.3, 0.4) is 0 Å². The number of rotatable bonds is 9. The monoisotopic (exact) mass is 459 g/mol. The summed E-state index contributed by atoms with van der Waals surface area (Å²) in [4.78, 5) is 29.6. The summed E-state index contributed by atoms with van der Waals surface area (Å²) in [6.07, 6.45) is 3.21. The highest BCUT2D eigenvalue weighted by atomic mass is 16.6. The molecule has 2 aromatic rings. The van der Waals surface area contributed by atoms with Crippen molar-refractivity contribution in [3.63, 3.8) is 0 Å². The molecule has 33 heavy (non-hydrogen) atoms. The molecule has 0 radical (unpaired) electrons. The summed E-state index contributed by atoms with van der Waals surface area (Å²) in [5, 5.41) is 17.5. The van der Waals surface area contributed by atoms with Crippen LogP contribution in [-0.4, -0.2) is 61.7 Å². The first-order valence-corrected chi connectivity index (χ1v) is 11.5. The number of pyridine rings is 1. The van der Waals surface area contributed by atoms with Crippen LogP contribution in [0.2, 0.25) is 0 Å². The predicted octanol–water partition coefficient (Wildman–Crippen LogP) is 3.50. The van der Waals surface area contributed by atoms with Gasteiger partial charge in [0.25, 0.3) is 0 Å². The second kappa shape index (κ2) is 11.2. The molecule has 10 heteroatoms. The number of carboxylic acids is 1. The molecule has 1 amide bonds. The van der Waals surface area contributed by atoms with Gasteiger partial charge >= 0.3 is 12.1 Å². The number of nitrogens with zero attached hydrogens (tertiary/aromatic N) is 5. The first-order valence-electron chi connectivity index (χ1n) is 11.5. The molecule has 0 saturated carbocycles. The average molecular weight is 460 g/mol. The zero-order valence-corrected chi connectivity index (χ0v) is 19.8. The second-order valence-electron chi connectivity index (χ2n) is 8.35. The minimum Gasteiger partial charge on any atom is -0.481 e. The Labute approximate surface area is 193 Å². The van der Waals surface area contributed by atoms with E-state index in [0.29, 0.717) is 30.0 Å². The Morgan fingerprint density at radius 1 is 1.30 bits per heavy atom. The van der Waals surface area contributed by atoms with Crippen LogP contribution in [0, 0.1) is 0 Å². The lowest BCUT2D eigenvalue weighted by Crippen LogP contribution is -2.28. The molecule has 180 valence electrons. The third-order valence-electron chi connectivity index (χ3n) is 5.83. The highest BCUT2D eigenvalue weighted by molar-refractivity contribution is 5.68. The summed E-state index contributed by atoms with van der Waals surface area (Å²) in [7, 11) is 3.46. The molecule has 3 heterocycles. The molecule has 0 bridgehead atoms. The Hall–Kier alpha value is -3.01. The van der Waals surface area contributed by atoms with Crippen LogP contribution < -0.4 is 0 Å². The maximum Gasteiger partial charge on any atom is 0.409 e. The van der Waals surface area contributed by atoms with Gasteiger partial charge in [0.15, 0.2) is 0 Å². The zero-order chi connectivity index (χ0) is 24.0. The zero-order valence-electron chi connectivity index (χ0n) is 19.8. The molecule has 3 rings (SSSR count). The largest absolute Gasteiger partial charge is 0.481 e. The minimum absolute atomic E-state index is 0.0125. The summed E-state index contributed by atoms with van der Waals surface area (Å²) in [6, 6.07) is 3.85. The summed E-state index contributed by atoms with van der Waals surface area (Å²) >= 11 is 0. The maximum absolute atomic E-state index is 12.2. The van der Waals surface area contributed by atoms with Gasteiger partial charge in [0.1, 0.15) is 18.0 Å². The number of ether oxygens (including phenoxy) is 2. The van der Waals surface area contributed by atoms with Gasteiger partial charge in [0.2, 0.25) is 0 Å². The van der Waals surface area contributed by atoms with Crippen molar-refractivity contribution in [2.24, 2.45) is 7.05 Å².